The largest absolute Gasteiger partial charge is 1.00 e. The van der Waals surface area contributed by atoms with Gasteiger partial charge in [0.05, 0.1) is 0 Å². The average molecular weight is 258 g/mol. The normalized spacial score (nSPS) is 8.47. The van der Waals surface area contributed by atoms with Crippen molar-refractivity contribution in [2.45, 2.75) is 6.61 Å². The summed E-state index contributed by atoms with van der Waals surface area (Å²) in [4.78, 5) is 23.6. The van der Waals surface area contributed by atoms with Gasteiger partial charge in [0.15, 0.2) is 5.97 Å². The first-order valence-corrected chi connectivity index (χ1v) is 4.29. The van der Waals surface area contributed by atoms with Crippen molar-refractivity contribution in [1.82, 2.24) is 0 Å². The zero-order valence-electron chi connectivity index (χ0n) is 9.12. The Hall–Kier alpha value is -0.824. The van der Waals surface area contributed by atoms with E-state index in [9.17, 15) is 14.7 Å². The Labute approximate surface area is 140 Å². The second kappa shape index (κ2) is 8.29. The molecule has 1 aromatic rings. The quantitative estimate of drug-likeness (QED) is 0.138. The number of carbonyl (C=O) groups excluding carboxylic acids is 2. The summed E-state index contributed by atoms with van der Waals surface area (Å²) in [5.74, 6) is -3.13. The maximum absolute atomic E-state index is 11.1. The van der Waals surface area contributed by atoms with E-state index in [1.165, 1.54) is 0 Å². The molecule has 0 amide bonds. The molecule has 0 aliphatic carbocycles. The van der Waals surface area contributed by atoms with Crippen molar-refractivity contribution in [1.29, 1.82) is 0 Å². The second-order valence-corrected chi connectivity index (χ2v) is 2.80. The molecule has 0 unspecified atom stereocenters. The Morgan fingerprint density at radius 2 is 1.88 bits per heavy atom. The molecule has 0 atom stereocenters. The first-order valence-electron chi connectivity index (χ1n) is 4.29. The van der Waals surface area contributed by atoms with Gasteiger partial charge in [-0.05, 0) is 5.56 Å². The molecular formula is C10H7KN2O4. The fraction of sp³-hybridized carbons (Fsp3) is 0.100. The topological polar surface area (TPSA) is 103 Å². The van der Waals surface area contributed by atoms with Gasteiger partial charge in [0.25, 0.3) is 0 Å². The third-order valence-electron chi connectivity index (χ3n) is 1.70. The summed E-state index contributed by atoms with van der Waals surface area (Å²) in [5.41, 5.74) is 7.76. The third-order valence-corrected chi connectivity index (χ3v) is 1.70. The van der Waals surface area contributed by atoms with Crippen molar-refractivity contribution >= 4 is 17.7 Å². The summed E-state index contributed by atoms with van der Waals surface area (Å²) in [6.45, 7) is -0.105. The van der Waals surface area contributed by atoms with Crippen LogP contribution in [0.3, 0.4) is 0 Å². The predicted molar refractivity (Wildman–Crippen MR) is 49.9 cm³/mol. The number of rotatable bonds is 4. The zero-order chi connectivity index (χ0) is 12.0. The molecule has 0 N–H and O–H groups in total. The van der Waals surface area contributed by atoms with Gasteiger partial charge < -0.3 is 20.2 Å². The van der Waals surface area contributed by atoms with Crippen LogP contribution >= 0.6 is 0 Å². The number of nitrogens with zero attached hydrogens (tertiary/aromatic N) is 2. The first-order chi connectivity index (χ1) is 7.65. The van der Waals surface area contributed by atoms with E-state index in [4.69, 9.17) is 5.53 Å². The van der Waals surface area contributed by atoms with E-state index in [0.29, 0.717) is 5.56 Å². The third kappa shape index (κ3) is 5.36. The Bertz CT molecular complexity index is 455. The summed E-state index contributed by atoms with van der Waals surface area (Å²) in [5, 5.41) is 10.3. The molecule has 1 aromatic carbocycles. The number of ether oxygens (including phenoxy) is 1. The molecule has 7 heteroatoms. The van der Waals surface area contributed by atoms with Crippen LogP contribution in [0.4, 0.5) is 0 Å². The minimum atomic E-state index is -1.89. The summed E-state index contributed by atoms with van der Waals surface area (Å²) < 4.78 is 4.59. The molecule has 0 spiro atoms. The van der Waals surface area contributed by atoms with Crippen molar-refractivity contribution < 1.29 is 75.6 Å². The van der Waals surface area contributed by atoms with Crippen LogP contribution in [0.5, 0.6) is 0 Å². The molecule has 17 heavy (non-hydrogen) atoms. The summed E-state index contributed by atoms with van der Waals surface area (Å²) in [7, 11) is 0. The van der Waals surface area contributed by atoms with E-state index < -0.39 is 17.7 Å². The van der Waals surface area contributed by atoms with Crippen LogP contribution in [-0.4, -0.2) is 22.4 Å². The number of aliphatic carboxylic acids is 1. The molecule has 0 bridgehead atoms. The Kier molecular flexibility index (Phi) is 7.89. The SMILES string of the molecule is [K+].[N-]=[N+]=C(C(=O)[O-])C(=O)OCc1ccccc1. The molecule has 0 aliphatic rings. The number of carbonyl (C=O) groups is 2. The van der Waals surface area contributed by atoms with Gasteiger partial charge in [0.1, 0.15) is 6.61 Å². The van der Waals surface area contributed by atoms with Crippen LogP contribution in [0.25, 0.3) is 5.53 Å². The second-order valence-electron chi connectivity index (χ2n) is 2.80. The van der Waals surface area contributed by atoms with Gasteiger partial charge in [0.2, 0.25) is 0 Å². The molecule has 0 saturated carbocycles. The average Bonchev–Trinajstić information content (AvgIpc) is 2.28. The van der Waals surface area contributed by atoms with Gasteiger partial charge in [-0.15, -0.1) is 0 Å². The maximum Gasteiger partial charge on any atom is 1.00 e. The molecule has 0 heterocycles. The van der Waals surface area contributed by atoms with Gasteiger partial charge in [-0.25, -0.2) is 4.79 Å². The van der Waals surface area contributed by atoms with E-state index in [0.717, 1.165) is 0 Å². The van der Waals surface area contributed by atoms with Crippen LogP contribution in [0.15, 0.2) is 30.3 Å². The summed E-state index contributed by atoms with van der Waals surface area (Å²) in [6.07, 6.45) is 0. The van der Waals surface area contributed by atoms with E-state index in [2.05, 4.69) is 9.53 Å². The van der Waals surface area contributed by atoms with Gasteiger partial charge in [0, 0.05) is 0 Å². The Balaban J connectivity index is 0.00000256. The van der Waals surface area contributed by atoms with E-state index in [1.54, 1.807) is 30.3 Å². The Morgan fingerprint density at radius 1 is 1.29 bits per heavy atom. The number of carboxylic acid groups (broad SMARTS) is 1. The van der Waals surface area contributed by atoms with Crippen LogP contribution < -0.4 is 56.5 Å². The maximum atomic E-state index is 11.1. The van der Waals surface area contributed by atoms with Gasteiger partial charge in [-0.3, -0.25) is 0 Å². The van der Waals surface area contributed by atoms with Gasteiger partial charge >= 0.3 is 63.1 Å². The van der Waals surface area contributed by atoms with Gasteiger partial charge in [-0.1, -0.05) is 30.3 Å². The fourth-order valence-electron chi connectivity index (χ4n) is 0.956. The van der Waals surface area contributed by atoms with E-state index in [1.807, 2.05) is 0 Å². The summed E-state index contributed by atoms with van der Waals surface area (Å²) in [6, 6.07) is 8.66. The van der Waals surface area contributed by atoms with Crippen molar-refractivity contribution in [3.63, 3.8) is 0 Å². The predicted octanol–water partition coefficient (Wildman–Crippen LogP) is -3.85. The van der Waals surface area contributed by atoms with Crippen LogP contribution in [0.1, 0.15) is 5.56 Å². The number of hydrogen-bond donors (Lipinski definition) is 0. The molecule has 0 aromatic heterocycles. The molecular weight excluding hydrogens is 251 g/mol. The van der Waals surface area contributed by atoms with E-state index >= 15 is 0 Å². The summed E-state index contributed by atoms with van der Waals surface area (Å²) >= 11 is 0. The minimum Gasteiger partial charge on any atom is -0.538 e. The van der Waals surface area contributed by atoms with Crippen LogP contribution in [-0.2, 0) is 20.9 Å². The van der Waals surface area contributed by atoms with Gasteiger partial charge in [-0.2, -0.15) is 4.79 Å². The number of carboxylic acids is 1. The molecule has 0 aliphatic heterocycles. The van der Waals surface area contributed by atoms with Crippen molar-refractivity contribution in [3.8, 4) is 0 Å². The van der Waals surface area contributed by atoms with E-state index in [-0.39, 0.29) is 58.0 Å². The fourth-order valence-corrected chi connectivity index (χ4v) is 0.956. The zero-order valence-corrected chi connectivity index (χ0v) is 12.2. The molecule has 82 valence electrons. The van der Waals surface area contributed by atoms with Crippen LogP contribution in [0.2, 0.25) is 0 Å². The number of benzene rings is 1. The number of esters is 1. The Morgan fingerprint density at radius 3 is 2.35 bits per heavy atom. The standard InChI is InChI=1S/C10H8N2O4.K/c11-12-8(9(13)14)10(15)16-6-7-4-2-1-3-5-7;/h1-5H,6H2,(H,13,14);/q;+1/p-1. The first kappa shape index (κ1) is 16.2. The monoisotopic (exact) mass is 258 g/mol. The number of hydrogen-bond acceptors (Lipinski definition) is 4. The molecule has 6 nitrogen and oxygen atoms in total. The smallest absolute Gasteiger partial charge is 0.538 e. The van der Waals surface area contributed by atoms with Crippen molar-refractivity contribution in [2.24, 2.45) is 0 Å². The molecule has 0 radical (unpaired) electrons. The van der Waals surface area contributed by atoms with Crippen molar-refractivity contribution in [3.05, 3.63) is 41.4 Å². The van der Waals surface area contributed by atoms with Crippen LogP contribution in [0, 0.1) is 0 Å². The molecule has 0 fully saturated rings. The molecule has 0 saturated heterocycles. The minimum absolute atomic E-state index is 0. The van der Waals surface area contributed by atoms with Crippen molar-refractivity contribution in [2.75, 3.05) is 0 Å². The molecule has 1 rings (SSSR count).